The van der Waals surface area contributed by atoms with Gasteiger partial charge in [-0.1, -0.05) is 6.92 Å². The average molecular weight is 304 g/mol. The fraction of sp³-hybridized carbons (Fsp3) is 1.00. The molecule has 0 aliphatic carbocycles. The molecule has 1 aliphatic rings. The smallest absolute Gasteiger partial charge is 0.214 e. The van der Waals surface area contributed by atoms with Gasteiger partial charge in [0.05, 0.1) is 17.3 Å². The lowest BCUT2D eigenvalue weighted by molar-refractivity contribution is 0.354. The molecule has 0 amide bonds. The van der Waals surface area contributed by atoms with Crippen LogP contribution in [0.2, 0.25) is 0 Å². The van der Waals surface area contributed by atoms with E-state index in [9.17, 15) is 16.8 Å². The number of alkyl halides is 1. The first-order chi connectivity index (χ1) is 7.68. The molecule has 8 heteroatoms. The maximum absolute atomic E-state index is 12.0. The van der Waals surface area contributed by atoms with Crippen molar-refractivity contribution >= 4 is 31.5 Å². The highest BCUT2D eigenvalue weighted by Crippen LogP contribution is 2.18. The van der Waals surface area contributed by atoms with Crippen LogP contribution in [-0.4, -0.2) is 56.9 Å². The van der Waals surface area contributed by atoms with Gasteiger partial charge in [0, 0.05) is 18.5 Å². The molecular formula is C9H18ClNO4S2. The molecule has 2 unspecified atom stereocenters. The molecule has 0 saturated carbocycles. The molecule has 102 valence electrons. The Balaban J connectivity index is 2.80. The molecule has 0 spiro atoms. The minimum absolute atomic E-state index is 0.0269. The van der Waals surface area contributed by atoms with Crippen molar-refractivity contribution in [2.24, 2.45) is 5.92 Å². The van der Waals surface area contributed by atoms with Crippen LogP contribution < -0.4 is 0 Å². The second-order valence-corrected chi connectivity index (χ2v) is 9.12. The zero-order valence-corrected chi connectivity index (χ0v) is 12.4. The van der Waals surface area contributed by atoms with E-state index in [1.165, 1.54) is 4.31 Å². The molecule has 0 radical (unpaired) electrons. The van der Waals surface area contributed by atoms with Crippen LogP contribution >= 0.6 is 11.6 Å². The number of sulfone groups is 1. The van der Waals surface area contributed by atoms with E-state index >= 15 is 0 Å². The van der Waals surface area contributed by atoms with E-state index < -0.39 is 25.9 Å². The average Bonchev–Trinajstić information content (AvgIpc) is 2.14. The van der Waals surface area contributed by atoms with Crippen molar-refractivity contribution in [3.8, 4) is 0 Å². The lowest BCUT2D eigenvalue weighted by Crippen LogP contribution is -2.50. The van der Waals surface area contributed by atoms with Gasteiger partial charge in [0.15, 0.2) is 9.84 Å². The van der Waals surface area contributed by atoms with Crippen molar-refractivity contribution in [3.05, 3.63) is 0 Å². The minimum Gasteiger partial charge on any atom is -0.229 e. The standard InChI is InChI=1S/C9H18ClNO4S2/c1-8(5-10)6-17(14,15)11-3-4-16(12,13)7-9(11)2/h8-9H,3-7H2,1-2H3. The first-order valence-electron chi connectivity index (χ1n) is 5.44. The molecule has 0 aromatic heterocycles. The van der Waals surface area contributed by atoms with Crippen molar-refractivity contribution in [1.82, 2.24) is 4.31 Å². The molecule has 5 nitrogen and oxygen atoms in total. The van der Waals surface area contributed by atoms with Gasteiger partial charge in [-0.25, -0.2) is 16.8 Å². The van der Waals surface area contributed by atoms with Gasteiger partial charge >= 0.3 is 0 Å². The summed E-state index contributed by atoms with van der Waals surface area (Å²) >= 11 is 5.60. The van der Waals surface area contributed by atoms with Crippen LogP contribution in [0.5, 0.6) is 0 Å². The van der Waals surface area contributed by atoms with Gasteiger partial charge in [-0.2, -0.15) is 4.31 Å². The van der Waals surface area contributed by atoms with Crippen LogP contribution in [-0.2, 0) is 19.9 Å². The van der Waals surface area contributed by atoms with Gasteiger partial charge in [0.25, 0.3) is 0 Å². The highest BCUT2D eigenvalue weighted by molar-refractivity contribution is 7.92. The van der Waals surface area contributed by atoms with Crippen LogP contribution in [0.25, 0.3) is 0 Å². The summed E-state index contributed by atoms with van der Waals surface area (Å²) in [6.07, 6.45) is 0. The third kappa shape index (κ3) is 4.08. The third-order valence-electron chi connectivity index (χ3n) is 2.73. The quantitative estimate of drug-likeness (QED) is 0.701. The first kappa shape index (κ1) is 15.2. The van der Waals surface area contributed by atoms with Gasteiger partial charge in [-0.05, 0) is 12.8 Å². The third-order valence-corrected chi connectivity index (χ3v) is 7.29. The van der Waals surface area contributed by atoms with E-state index in [1.807, 2.05) is 0 Å². The lowest BCUT2D eigenvalue weighted by atomic mass is 10.3. The van der Waals surface area contributed by atoms with Gasteiger partial charge in [0.2, 0.25) is 10.0 Å². The summed E-state index contributed by atoms with van der Waals surface area (Å²) in [5.41, 5.74) is 0. The van der Waals surface area contributed by atoms with Crippen LogP contribution in [0.15, 0.2) is 0 Å². The first-order valence-corrected chi connectivity index (χ1v) is 9.40. The number of nitrogens with zero attached hydrogens (tertiary/aromatic N) is 1. The van der Waals surface area contributed by atoms with Crippen LogP contribution in [0, 0.1) is 5.92 Å². The topological polar surface area (TPSA) is 71.5 Å². The van der Waals surface area contributed by atoms with Crippen molar-refractivity contribution in [3.63, 3.8) is 0 Å². The normalized spacial score (nSPS) is 27.8. The fourth-order valence-electron chi connectivity index (χ4n) is 1.90. The highest BCUT2D eigenvalue weighted by atomic mass is 35.5. The SMILES string of the molecule is CC(CCl)CS(=O)(=O)N1CCS(=O)(=O)CC1C. The maximum Gasteiger partial charge on any atom is 0.214 e. The van der Waals surface area contributed by atoms with Gasteiger partial charge < -0.3 is 0 Å². The Morgan fingerprint density at radius 1 is 1.47 bits per heavy atom. The largest absolute Gasteiger partial charge is 0.229 e. The molecule has 1 fully saturated rings. The molecule has 0 N–H and O–H groups in total. The van der Waals surface area contributed by atoms with Crippen molar-refractivity contribution in [2.45, 2.75) is 19.9 Å². The number of halogens is 1. The molecule has 0 aromatic carbocycles. The van der Waals surface area contributed by atoms with Crippen LogP contribution in [0.4, 0.5) is 0 Å². The van der Waals surface area contributed by atoms with E-state index in [0.717, 1.165) is 0 Å². The summed E-state index contributed by atoms with van der Waals surface area (Å²) < 4.78 is 48.1. The molecule has 1 aliphatic heterocycles. The number of sulfonamides is 1. The molecule has 1 rings (SSSR count). The Hall–Kier alpha value is 0.150. The van der Waals surface area contributed by atoms with Crippen molar-refractivity contribution in [1.29, 1.82) is 0 Å². The van der Waals surface area contributed by atoms with Crippen molar-refractivity contribution in [2.75, 3.05) is 29.7 Å². The highest BCUT2D eigenvalue weighted by Gasteiger charge is 2.35. The monoisotopic (exact) mass is 303 g/mol. The Bertz CT molecular complexity index is 459. The second kappa shape index (κ2) is 5.42. The number of rotatable bonds is 4. The van der Waals surface area contributed by atoms with Crippen LogP contribution in [0.3, 0.4) is 0 Å². The predicted octanol–water partition coefficient (Wildman–Crippen LogP) is 0.310. The Labute approximate surface area is 108 Å². The number of hydrogen-bond donors (Lipinski definition) is 0. The van der Waals surface area contributed by atoms with Crippen molar-refractivity contribution < 1.29 is 16.8 Å². The van der Waals surface area contributed by atoms with Gasteiger partial charge in [-0.3, -0.25) is 0 Å². The zero-order valence-electron chi connectivity index (χ0n) is 9.96. The summed E-state index contributed by atoms with van der Waals surface area (Å²) in [5, 5.41) is 0. The van der Waals surface area contributed by atoms with Crippen LogP contribution in [0.1, 0.15) is 13.8 Å². The number of hydrogen-bond acceptors (Lipinski definition) is 4. The molecule has 1 heterocycles. The van der Waals surface area contributed by atoms with E-state index in [1.54, 1.807) is 13.8 Å². The Morgan fingerprint density at radius 3 is 2.53 bits per heavy atom. The summed E-state index contributed by atoms with van der Waals surface area (Å²) in [4.78, 5) is 0. The molecule has 0 bridgehead atoms. The van der Waals surface area contributed by atoms with E-state index in [4.69, 9.17) is 11.6 Å². The zero-order chi connectivity index (χ0) is 13.3. The molecule has 17 heavy (non-hydrogen) atoms. The van der Waals surface area contributed by atoms with Gasteiger partial charge in [0.1, 0.15) is 0 Å². The molecular weight excluding hydrogens is 286 g/mol. The predicted molar refractivity (Wildman–Crippen MR) is 68.5 cm³/mol. The summed E-state index contributed by atoms with van der Waals surface area (Å²) in [6.45, 7) is 3.44. The minimum atomic E-state index is -3.41. The van der Waals surface area contributed by atoms with Gasteiger partial charge in [-0.15, -0.1) is 11.6 Å². The lowest BCUT2D eigenvalue weighted by Gasteiger charge is -2.32. The summed E-state index contributed by atoms with van der Waals surface area (Å²) in [6, 6.07) is -0.485. The van der Waals surface area contributed by atoms with E-state index in [2.05, 4.69) is 0 Å². The maximum atomic E-state index is 12.0. The van der Waals surface area contributed by atoms with E-state index in [0.29, 0.717) is 0 Å². The Morgan fingerprint density at radius 2 is 2.06 bits per heavy atom. The summed E-state index contributed by atoms with van der Waals surface area (Å²) in [5.74, 6) is -0.0686. The Kier molecular flexibility index (Phi) is 4.85. The molecule has 2 atom stereocenters. The molecule has 1 saturated heterocycles. The summed E-state index contributed by atoms with van der Waals surface area (Å²) in [7, 11) is -6.50. The second-order valence-electron chi connectivity index (χ2n) is 4.61. The fourth-order valence-corrected chi connectivity index (χ4v) is 5.92. The molecule has 0 aromatic rings. The van der Waals surface area contributed by atoms with E-state index in [-0.39, 0.29) is 35.6 Å².